The Kier molecular flexibility index (Phi) is 16.3. The number of hydrogen-bond donors (Lipinski definition) is 0. The molecule has 8 nitrogen and oxygen atoms in total. The number of nitrogens with zero attached hydrogens (tertiary/aromatic N) is 8. The highest BCUT2D eigenvalue weighted by molar-refractivity contribution is 6.14. The topological polar surface area (TPSA) is 87.2 Å². The predicted molar refractivity (Wildman–Crippen MR) is 446 cm³/mol. The summed E-state index contributed by atoms with van der Waals surface area (Å²) in [6.07, 6.45) is 0. The Balaban J connectivity index is 0.829. The van der Waals surface area contributed by atoms with Crippen LogP contribution >= 0.6 is 0 Å². The molecule has 4 heterocycles. The lowest BCUT2D eigenvalue weighted by molar-refractivity contribution is 1.06. The van der Waals surface area contributed by atoms with Crippen LogP contribution in [0.5, 0.6) is 0 Å². The van der Waals surface area contributed by atoms with E-state index in [9.17, 15) is 0 Å². The quantitative estimate of drug-likeness (QED) is 0.108. The van der Waals surface area contributed by atoms with Crippen LogP contribution in [0.15, 0.2) is 352 Å². The van der Waals surface area contributed by atoms with Gasteiger partial charge in [-0.1, -0.05) is 295 Å². The third kappa shape index (κ3) is 12.2. The van der Waals surface area contributed by atoms with Crippen molar-refractivity contribution in [2.45, 2.75) is 27.7 Å². The Morgan fingerprint density at radius 3 is 0.648 bits per heavy atom. The first-order chi connectivity index (χ1) is 53.1. The van der Waals surface area contributed by atoms with Crippen molar-refractivity contribution in [3.05, 3.63) is 374 Å². The monoisotopic (exact) mass is 1380 g/mol. The third-order valence-electron chi connectivity index (χ3n) is 20.8. The lowest BCUT2D eigenvalue weighted by Gasteiger charge is -2.18. The summed E-state index contributed by atoms with van der Waals surface area (Å²) in [5.74, 6) is 3.40. The molecule has 0 bridgehead atoms. The van der Waals surface area contributed by atoms with E-state index < -0.39 is 0 Å². The molecule has 0 unspecified atom stereocenters. The van der Waals surface area contributed by atoms with Gasteiger partial charge in [-0.3, -0.25) is 0 Å². The zero-order chi connectivity index (χ0) is 72.3. The fourth-order valence-corrected chi connectivity index (χ4v) is 15.5. The van der Waals surface area contributed by atoms with E-state index in [0.29, 0.717) is 34.9 Å². The lowest BCUT2D eigenvalue weighted by Crippen LogP contribution is -2.04. The van der Waals surface area contributed by atoms with Crippen molar-refractivity contribution < 1.29 is 0 Å². The molecule has 510 valence electrons. The van der Waals surface area contributed by atoms with Gasteiger partial charge >= 0.3 is 0 Å². The molecule has 0 radical (unpaired) electrons. The molecule has 8 heteroatoms. The first-order valence-electron chi connectivity index (χ1n) is 36.7. The normalized spacial score (nSPS) is 11.5. The molecule has 15 aromatic carbocycles. The third-order valence-corrected chi connectivity index (χ3v) is 20.8. The fraction of sp³-hybridized carbons (Fsp3) is 0.0400. The summed E-state index contributed by atoms with van der Waals surface area (Å²) < 4.78 is 4.82. The van der Waals surface area contributed by atoms with Gasteiger partial charge in [-0.15, -0.1) is 0 Å². The number of benzene rings is 15. The first-order valence-corrected chi connectivity index (χ1v) is 36.7. The molecular formula is C100H70N8. The van der Waals surface area contributed by atoms with Gasteiger partial charge in [0, 0.05) is 54.9 Å². The molecule has 108 heavy (non-hydrogen) atoms. The highest BCUT2D eigenvalue weighted by Gasteiger charge is 2.25. The van der Waals surface area contributed by atoms with Gasteiger partial charge in [-0.25, -0.2) is 29.9 Å². The standard InChI is InChI=1S/C100H70N8/c1-63-22-17-34-71(52-63)77-40-46-89-83(57-77)84-58-78(72-35-18-23-64(2)53-72)41-47-90(84)107(89)93-50-44-81(61-87(93)99-103-95(67-26-9-5-10-27-67)101-96(104-99)68-28-11-6-12-29-68)75-38-21-39-76(56-75)82-45-51-94(88(62-82)100-105-97(69-30-13-7-14-31-69)102-98(106-100)70-32-15-8-16-33-70)108-91-48-42-79(73-36-19-24-65(3)54-73)59-85(91)86-60-80(43-49-92(86)108)74-37-20-25-66(4)55-74/h5-62H,1-4H3. The van der Waals surface area contributed by atoms with Crippen LogP contribution in [0.4, 0.5) is 0 Å². The zero-order valence-electron chi connectivity index (χ0n) is 60.1. The summed E-state index contributed by atoms with van der Waals surface area (Å²) in [5.41, 5.74) is 29.4. The SMILES string of the molecule is Cc1cccc(-c2ccc3c(c2)c2cc(-c4cccc(C)c4)ccc2n3-c2ccc(-c3cccc(-c4ccc(-n5c6ccc(-c7cccc(C)c7)cc6c6cc(-c7cccc(C)c7)ccc65)c(-c5nc(-c6ccccc6)nc(-c6ccccc6)n5)c4)c3)cc2-c2nc(-c3ccccc3)nc(-c3ccccc3)n2)c1. The summed E-state index contributed by atoms with van der Waals surface area (Å²) in [7, 11) is 0. The Morgan fingerprint density at radius 2 is 0.380 bits per heavy atom. The second-order valence-corrected chi connectivity index (χ2v) is 28.2. The molecule has 0 amide bonds. The van der Waals surface area contributed by atoms with Crippen LogP contribution in [-0.4, -0.2) is 39.0 Å². The smallest absolute Gasteiger partial charge is 0.166 e. The molecule has 0 N–H and O–H groups in total. The molecule has 4 aromatic heterocycles. The molecule has 0 saturated carbocycles. The van der Waals surface area contributed by atoms with Crippen LogP contribution in [0, 0.1) is 27.7 Å². The molecule has 0 aliphatic rings. The maximum atomic E-state index is 5.50. The summed E-state index contributed by atoms with van der Waals surface area (Å²) in [4.78, 5) is 32.4. The number of rotatable bonds is 14. The lowest BCUT2D eigenvalue weighted by atomic mass is 9.95. The number of hydrogen-bond acceptors (Lipinski definition) is 6. The molecule has 0 spiro atoms. The van der Waals surface area contributed by atoms with Crippen LogP contribution in [-0.2, 0) is 0 Å². The Morgan fingerprint density at radius 1 is 0.167 bits per heavy atom. The Bertz CT molecular complexity index is 5990. The van der Waals surface area contributed by atoms with Gasteiger partial charge in [0.15, 0.2) is 34.9 Å². The van der Waals surface area contributed by atoms with E-state index in [4.69, 9.17) is 29.9 Å². The summed E-state index contributed by atoms with van der Waals surface area (Å²) in [6.45, 7) is 8.62. The van der Waals surface area contributed by atoms with Gasteiger partial charge in [0.25, 0.3) is 0 Å². The fourth-order valence-electron chi connectivity index (χ4n) is 15.5. The second-order valence-electron chi connectivity index (χ2n) is 28.2. The van der Waals surface area contributed by atoms with E-state index >= 15 is 0 Å². The molecule has 0 aliphatic heterocycles. The van der Waals surface area contributed by atoms with E-state index in [1.165, 1.54) is 44.5 Å². The molecular weight excluding hydrogens is 1310 g/mol. The number of fused-ring (bicyclic) bond motifs is 6. The van der Waals surface area contributed by atoms with Gasteiger partial charge < -0.3 is 9.13 Å². The van der Waals surface area contributed by atoms with Crippen LogP contribution in [0.1, 0.15) is 22.3 Å². The van der Waals surface area contributed by atoms with Crippen molar-refractivity contribution in [3.63, 3.8) is 0 Å². The summed E-state index contributed by atoms with van der Waals surface area (Å²) in [6, 6.07) is 126. The van der Waals surface area contributed by atoms with Gasteiger partial charge in [0.2, 0.25) is 0 Å². The van der Waals surface area contributed by atoms with Gasteiger partial charge in [-0.05, 0) is 173 Å². The molecule has 0 atom stereocenters. The predicted octanol–water partition coefficient (Wildman–Crippen LogP) is 25.5. The van der Waals surface area contributed by atoms with E-state index in [1.54, 1.807) is 0 Å². The van der Waals surface area contributed by atoms with Crippen LogP contribution in [0.3, 0.4) is 0 Å². The molecule has 0 aliphatic carbocycles. The highest BCUT2D eigenvalue weighted by atomic mass is 15.1. The minimum absolute atomic E-state index is 0.545. The van der Waals surface area contributed by atoms with E-state index in [-0.39, 0.29) is 0 Å². The van der Waals surface area contributed by atoms with Gasteiger partial charge in [0.05, 0.1) is 33.4 Å². The largest absolute Gasteiger partial charge is 0.308 e. The van der Waals surface area contributed by atoms with Crippen LogP contribution < -0.4 is 0 Å². The minimum Gasteiger partial charge on any atom is -0.308 e. The van der Waals surface area contributed by atoms with E-state index in [0.717, 1.165) is 133 Å². The average molecular weight is 1380 g/mol. The summed E-state index contributed by atoms with van der Waals surface area (Å²) >= 11 is 0. The molecule has 0 saturated heterocycles. The molecule has 19 aromatic rings. The van der Waals surface area contributed by atoms with E-state index in [1.807, 2.05) is 72.8 Å². The van der Waals surface area contributed by atoms with Crippen molar-refractivity contribution in [3.8, 4) is 146 Å². The van der Waals surface area contributed by atoms with Crippen molar-refractivity contribution in [1.82, 2.24) is 39.0 Å². The van der Waals surface area contributed by atoms with Crippen molar-refractivity contribution >= 4 is 43.6 Å². The summed E-state index contributed by atoms with van der Waals surface area (Å²) in [5, 5.41) is 4.55. The molecule has 0 fully saturated rings. The van der Waals surface area contributed by atoms with Crippen LogP contribution in [0.25, 0.3) is 190 Å². The number of aromatic nitrogens is 8. The second kappa shape index (κ2) is 27.2. The van der Waals surface area contributed by atoms with E-state index in [2.05, 4.69) is 316 Å². The van der Waals surface area contributed by atoms with Crippen molar-refractivity contribution in [1.29, 1.82) is 0 Å². The first kappa shape index (κ1) is 64.7. The maximum Gasteiger partial charge on any atom is 0.166 e. The molecule has 19 rings (SSSR count). The number of aryl methyl sites for hydroxylation is 4. The van der Waals surface area contributed by atoms with Crippen molar-refractivity contribution in [2.75, 3.05) is 0 Å². The van der Waals surface area contributed by atoms with Gasteiger partial charge in [-0.2, -0.15) is 0 Å². The maximum absolute atomic E-state index is 5.50. The van der Waals surface area contributed by atoms with Crippen molar-refractivity contribution in [2.24, 2.45) is 0 Å². The Labute approximate surface area is 627 Å². The average Bonchev–Trinajstić information content (AvgIpc) is 1.57. The minimum atomic E-state index is 0.545. The zero-order valence-corrected chi connectivity index (χ0v) is 60.1. The highest BCUT2D eigenvalue weighted by Crippen LogP contribution is 2.45. The van der Waals surface area contributed by atoms with Crippen LogP contribution in [0.2, 0.25) is 0 Å². The Hall–Kier alpha value is -14.1. The van der Waals surface area contributed by atoms with Gasteiger partial charge in [0.1, 0.15) is 0 Å².